The van der Waals surface area contributed by atoms with Crippen molar-refractivity contribution >= 4 is 42.5 Å². The summed E-state index contributed by atoms with van der Waals surface area (Å²) in [5.41, 5.74) is 1.03. The van der Waals surface area contributed by atoms with Crippen molar-refractivity contribution in [2.45, 2.75) is 31.7 Å². The number of carbonyl (C=O) groups is 1. The number of carbonyl (C=O) groups excluding carboxylic acids is 1. The second-order valence-corrected chi connectivity index (χ2v) is 5.87. The van der Waals surface area contributed by atoms with Gasteiger partial charge in [0, 0.05) is 37.1 Å². The molecule has 0 spiro atoms. The van der Waals surface area contributed by atoms with Crippen molar-refractivity contribution in [1.29, 1.82) is 0 Å². The molecule has 2 heterocycles. The van der Waals surface area contributed by atoms with E-state index in [9.17, 15) is 4.79 Å². The Morgan fingerprint density at radius 1 is 1.43 bits per heavy atom. The smallest absolute Gasteiger partial charge is 0.232 e. The Kier molecular flexibility index (Phi) is 10.0. The summed E-state index contributed by atoms with van der Waals surface area (Å²) < 4.78 is 0. The molecule has 1 aromatic rings. The summed E-state index contributed by atoms with van der Waals surface area (Å²) in [5.74, 6) is 1.57. The largest absolute Gasteiger partial charge is 0.336 e. The normalized spacial score (nSPS) is 21.1. The first-order valence-electron chi connectivity index (χ1n) is 6.69. The molecule has 1 fully saturated rings. The first-order chi connectivity index (χ1) is 9.18. The van der Waals surface area contributed by atoms with Gasteiger partial charge in [-0.1, -0.05) is 6.07 Å². The molecule has 7 heteroatoms. The number of hydrogen-bond donors (Lipinski definition) is 1. The number of nitrogens with one attached hydrogen (secondary N) is 1. The van der Waals surface area contributed by atoms with Crippen LogP contribution in [0.2, 0.25) is 0 Å². The van der Waals surface area contributed by atoms with Gasteiger partial charge in [0.25, 0.3) is 0 Å². The average molecular weight is 352 g/mol. The molecule has 0 saturated carbocycles. The molecule has 1 aliphatic rings. The van der Waals surface area contributed by atoms with Crippen LogP contribution in [0.3, 0.4) is 0 Å². The van der Waals surface area contributed by atoms with Crippen molar-refractivity contribution in [3.63, 3.8) is 0 Å². The zero-order valence-electron chi connectivity index (χ0n) is 12.3. The predicted octanol–water partition coefficient (Wildman–Crippen LogP) is 2.37. The molecule has 0 aromatic carbocycles. The lowest BCUT2D eigenvalue weighted by atomic mass is 10.1. The molecule has 21 heavy (non-hydrogen) atoms. The molecule has 1 saturated heterocycles. The van der Waals surface area contributed by atoms with Crippen LogP contribution in [0, 0.1) is 0 Å². The highest BCUT2D eigenvalue weighted by atomic mass is 35.5. The Labute approximate surface area is 143 Å². The first kappa shape index (κ1) is 20.5. The number of amides is 1. The fourth-order valence-electron chi connectivity index (χ4n) is 2.22. The number of hydrogen-bond acceptors (Lipinski definition) is 4. The third-order valence-corrected chi connectivity index (χ3v) is 4.51. The topological polar surface area (TPSA) is 45.2 Å². The van der Waals surface area contributed by atoms with E-state index >= 15 is 0 Å². The number of aromatic nitrogens is 1. The van der Waals surface area contributed by atoms with E-state index in [-0.39, 0.29) is 36.8 Å². The fraction of sp³-hybridized carbons (Fsp3) is 0.571. The van der Waals surface area contributed by atoms with Gasteiger partial charge in [-0.05, 0) is 26.0 Å². The van der Waals surface area contributed by atoms with Gasteiger partial charge in [0.1, 0.15) is 0 Å². The standard InChI is InChI=1S/C14H21N3OS.2ClH/c1-11-12(2)17(8-7-15-11)14(18)10-19-9-13-5-3-4-6-16-13;;/h3-6,11-12,15H,7-10H2,1-2H3;2*1H. The molecule has 1 N–H and O–H groups in total. The van der Waals surface area contributed by atoms with E-state index in [1.165, 1.54) is 0 Å². The molecule has 0 aliphatic carbocycles. The summed E-state index contributed by atoms with van der Waals surface area (Å²) >= 11 is 1.64. The number of piperazine rings is 1. The zero-order valence-corrected chi connectivity index (χ0v) is 14.8. The Balaban J connectivity index is 0.00000200. The average Bonchev–Trinajstić information content (AvgIpc) is 2.43. The molecule has 0 bridgehead atoms. The van der Waals surface area contributed by atoms with Gasteiger partial charge in [-0.2, -0.15) is 0 Å². The molecule has 1 aromatic heterocycles. The molecular formula is C14H23Cl2N3OS. The SMILES string of the molecule is CC1NCCN(C(=O)CSCc2ccccn2)C1C.Cl.Cl. The van der Waals surface area contributed by atoms with Gasteiger partial charge in [0.15, 0.2) is 0 Å². The van der Waals surface area contributed by atoms with Crippen LogP contribution in [0.1, 0.15) is 19.5 Å². The van der Waals surface area contributed by atoms with E-state index in [0.29, 0.717) is 11.8 Å². The van der Waals surface area contributed by atoms with E-state index in [1.54, 1.807) is 18.0 Å². The molecule has 1 amide bonds. The number of pyridine rings is 1. The third-order valence-electron chi connectivity index (χ3n) is 3.56. The van der Waals surface area contributed by atoms with Gasteiger partial charge >= 0.3 is 0 Å². The number of rotatable bonds is 4. The summed E-state index contributed by atoms with van der Waals surface area (Å²) in [6.07, 6.45) is 1.79. The Morgan fingerprint density at radius 3 is 2.86 bits per heavy atom. The highest BCUT2D eigenvalue weighted by Crippen LogP contribution is 2.14. The van der Waals surface area contributed by atoms with Gasteiger partial charge in [0.2, 0.25) is 5.91 Å². The van der Waals surface area contributed by atoms with Crippen LogP contribution in [-0.2, 0) is 10.5 Å². The van der Waals surface area contributed by atoms with Gasteiger partial charge in [0.05, 0.1) is 11.4 Å². The molecule has 2 rings (SSSR count). The van der Waals surface area contributed by atoms with Crippen LogP contribution >= 0.6 is 36.6 Å². The minimum atomic E-state index is 0. The summed E-state index contributed by atoms with van der Waals surface area (Å²) in [4.78, 5) is 18.5. The molecule has 1 aliphatic heterocycles. The van der Waals surface area contributed by atoms with E-state index < -0.39 is 0 Å². The summed E-state index contributed by atoms with van der Waals surface area (Å²) in [6.45, 7) is 5.94. The van der Waals surface area contributed by atoms with Crippen LogP contribution < -0.4 is 5.32 Å². The highest BCUT2D eigenvalue weighted by Gasteiger charge is 2.27. The number of halogens is 2. The number of thioether (sulfide) groups is 1. The zero-order chi connectivity index (χ0) is 13.7. The summed E-state index contributed by atoms with van der Waals surface area (Å²) in [5, 5.41) is 3.39. The highest BCUT2D eigenvalue weighted by molar-refractivity contribution is 7.99. The van der Waals surface area contributed by atoms with E-state index in [2.05, 4.69) is 24.1 Å². The van der Waals surface area contributed by atoms with E-state index in [0.717, 1.165) is 24.5 Å². The first-order valence-corrected chi connectivity index (χ1v) is 7.84. The van der Waals surface area contributed by atoms with Crippen molar-refractivity contribution in [2.24, 2.45) is 0 Å². The van der Waals surface area contributed by atoms with Crippen molar-refractivity contribution in [3.8, 4) is 0 Å². The second kappa shape index (κ2) is 10.3. The summed E-state index contributed by atoms with van der Waals surface area (Å²) in [7, 11) is 0. The maximum Gasteiger partial charge on any atom is 0.232 e. The molecule has 4 nitrogen and oxygen atoms in total. The van der Waals surface area contributed by atoms with Gasteiger partial charge in [-0.3, -0.25) is 9.78 Å². The van der Waals surface area contributed by atoms with Crippen molar-refractivity contribution in [1.82, 2.24) is 15.2 Å². The second-order valence-electron chi connectivity index (χ2n) is 4.88. The monoisotopic (exact) mass is 351 g/mol. The van der Waals surface area contributed by atoms with Crippen LogP contribution in [0.25, 0.3) is 0 Å². The van der Waals surface area contributed by atoms with E-state index in [1.807, 2.05) is 23.1 Å². The Bertz CT molecular complexity index is 422. The summed E-state index contributed by atoms with van der Waals surface area (Å²) in [6, 6.07) is 6.52. The Morgan fingerprint density at radius 2 is 2.19 bits per heavy atom. The molecule has 2 unspecified atom stereocenters. The van der Waals surface area contributed by atoms with Gasteiger partial charge in [-0.15, -0.1) is 36.6 Å². The fourth-order valence-corrected chi connectivity index (χ4v) is 3.04. The van der Waals surface area contributed by atoms with Crippen LogP contribution in [0.5, 0.6) is 0 Å². The van der Waals surface area contributed by atoms with Crippen molar-refractivity contribution in [3.05, 3.63) is 30.1 Å². The van der Waals surface area contributed by atoms with Crippen molar-refractivity contribution < 1.29 is 4.79 Å². The molecule has 120 valence electrons. The minimum Gasteiger partial charge on any atom is -0.336 e. The number of nitrogens with zero attached hydrogens (tertiary/aromatic N) is 2. The molecule has 0 radical (unpaired) electrons. The Hall–Kier alpha value is -0.490. The predicted molar refractivity (Wildman–Crippen MR) is 93.5 cm³/mol. The lowest BCUT2D eigenvalue weighted by molar-refractivity contribution is -0.131. The van der Waals surface area contributed by atoms with E-state index in [4.69, 9.17) is 0 Å². The third kappa shape index (κ3) is 6.02. The minimum absolute atomic E-state index is 0. The lowest BCUT2D eigenvalue weighted by Crippen LogP contribution is -2.57. The van der Waals surface area contributed by atoms with Crippen LogP contribution in [-0.4, -0.2) is 46.7 Å². The lowest BCUT2D eigenvalue weighted by Gasteiger charge is -2.38. The molecule has 2 atom stereocenters. The van der Waals surface area contributed by atoms with Gasteiger partial charge < -0.3 is 10.2 Å². The van der Waals surface area contributed by atoms with Crippen molar-refractivity contribution in [2.75, 3.05) is 18.8 Å². The molecular weight excluding hydrogens is 329 g/mol. The maximum absolute atomic E-state index is 12.2. The maximum atomic E-state index is 12.2. The quantitative estimate of drug-likeness (QED) is 0.904. The van der Waals surface area contributed by atoms with Crippen LogP contribution in [0.15, 0.2) is 24.4 Å². The van der Waals surface area contributed by atoms with Gasteiger partial charge in [-0.25, -0.2) is 0 Å². The van der Waals surface area contributed by atoms with Crippen LogP contribution in [0.4, 0.5) is 0 Å².